The van der Waals surface area contributed by atoms with E-state index in [0.717, 1.165) is 28.3 Å². The fraction of sp³-hybridized carbons (Fsp3) is 0.286. The van der Waals surface area contributed by atoms with Crippen LogP contribution in [0.5, 0.6) is 5.75 Å². The third-order valence-corrected chi connectivity index (χ3v) is 3.48. The van der Waals surface area contributed by atoms with E-state index < -0.39 is 0 Å². The third-order valence-electron chi connectivity index (χ3n) is 3.25. The first kappa shape index (κ1) is 13.0. The van der Waals surface area contributed by atoms with Crippen molar-refractivity contribution in [3.63, 3.8) is 0 Å². The van der Waals surface area contributed by atoms with Crippen LogP contribution in [0.25, 0.3) is 11.3 Å². The lowest BCUT2D eigenvalue weighted by Crippen LogP contribution is -1.96. The summed E-state index contributed by atoms with van der Waals surface area (Å²) in [7, 11) is 3.60. The van der Waals surface area contributed by atoms with Crippen molar-refractivity contribution in [3.8, 4) is 17.0 Å². The molecule has 0 aliphatic rings. The highest BCUT2D eigenvalue weighted by Gasteiger charge is 2.14. The number of ether oxygens (including phenoxy) is 1. The Morgan fingerprint density at radius 1 is 1.33 bits per heavy atom. The van der Waals surface area contributed by atoms with Gasteiger partial charge in [-0.1, -0.05) is 11.6 Å². The number of hydrogen-bond donors (Lipinski definition) is 1. The molecule has 1 aromatic heterocycles. The highest BCUT2D eigenvalue weighted by Crippen LogP contribution is 2.34. The van der Waals surface area contributed by atoms with E-state index in [1.807, 2.05) is 36.7 Å². The number of methoxy groups -OCH3 is 1. The molecule has 1 aromatic carbocycles. The van der Waals surface area contributed by atoms with Crippen LogP contribution in [0.1, 0.15) is 11.3 Å². The third kappa shape index (κ3) is 2.11. The fourth-order valence-electron chi connectivity index (χ4n) is 2.06. The van der Waals surface area contributed by atoms with E-state index in [9.17, 15) is 5.11 Å². The quantitative estimate of drug-likeness (QED) is 0.925. The number of hydrogen-bond acceptors (Lipinski definition) is 2. The molecule has 3 nitrogen and oxygen atoms in total. The van der Waals surface area contributed by atoms with Crippen molar-refractivity contribution < 1.29 is 9.84 Å². The Labute approximate surface area is 112 Å². The van der Waals surface area contributed by atoms with Crippen LogP contribution in [-0.4, -0.2) is 16.8 Å². The average molecular weight is 266 g/mol. The number of nitrogens with zero attached hydrogens (tertiary/aromatic N) is 1. The lowest BCUT2D eigenvalue weighted by Gasteiger charge is -2.10. The summed E-state index contributed by atoms with van der Waals surface area (Å²) in [5, 5.41) is 9.98. The molecule has 2 rings (SSSR count). The smallest absolute Gasteiger partial charge is 0.128 e. The van der Waals surface area contributed by atoms with E-state index in [0.29, 0.717) is 5.02 Å². The van der Waals surface area contributed by atoms with Crippen molar-refractivity contribution in [3.05, 3.63) is 40.5 Å². The Morgan fingerprint density at radius 2 is 2.06 bits per heavy atom. The zero-order chi connectivity index (χ0) is 13.3. The monoisotopic (exact) mass is 265 g/mol. The normalized spacial score (nSPS) is 10.7. The molecule has 2 aromatic rings. The van der Waals surface area contributed by atoms with Gasteiger partial charge in [-0.25, -0.2) is 0 Å². The van der Waals surface area contributed by atoms with Crippen LogP contribution in [0.3, 0.4) is 0 Å². The Balaban J connectivity index is 2.64. The molecule has 0 saturated carbocycles. The fourth-order valence-corrected chi connectivity index (χ4v) is 2.23. The number of aromatic nitrogens is 1. The lowest BCUT2D eigenvalue weighted by atomic mass is 10.1. The van der Waals surface area contributed by atoms with E-state index in [-0.39, 0.29) is 6.61 Å². The summed E-state index contributed by atoms with van der Waals surface area (Å²) in [6.07, 6.45) is 0. The highest BCUT2D eigenvalue weighted by molar-refractivity contribution is 6.30. The molecule has 0 aliphatic heterocycles. The molecule has 1 heterocycles. The molecule has 0 atom stereocenters. The van der Waals surface area contributed by atoms with Crippen molar-refractivity contribution in [2.45, 2.75) is 13.5 Å². The van der Waals surface area contributed by atoms with Crippen LogP contribution in [0.2, 0.25) is 5.02 Å². The predicted molar refractivity (Wildman–Crippen MR) is 73.1 cm³/mol. The Bertz CT molecular complexity index is 575. The first-order valence-corrected chi connectivity index (χ1v) is 6.06. The molecule has 0 amide bonds. The molecule has 0 fully saturated rings. The average Bonchev–Trinajstić information content (AvgIpc) is 2.66. The summed E-state index contributed by atoms with van der Waals surface area (Å²) in [6, 6.07) is 7.48. The van der Waals surface area contributed by atoms with Gasteiger partial charge in [0.1, 0.15) is 5.75 Å². The van der Waals surface area contributed by atoms with Crippen LogP contribution in [0, 0.1) is 6.92 Å². The van der Waals surface area contributed by atoms with E-state index in [1.54, 1.807) is 13.2 Å². The molecule has 96 valence electrons. The second kappa shape index (κ2) is 5.04. The van der Waals surface area contributed by atoms with E-state index >= 15 is 0 Å². The summed E-state index contributed by atoms with van der Waals surface area (Å²) in [6.45, 7) is 2.01. The molecule has 1 N–H and O–H groups in total. The minimum Gasteiger partial charge on any atom is -0.496 e. The number of rotatable bonds is 3. The van der Waals surface area contributed by atoms with E-state index in [2.05, 4.69) is 0 Å². The van der Waals surface area contributed by atoms with Crippen LogP contribution in [-0.2, 0) is 13.7 Å². The molecule has 0 saturated heterocycles. The van der Waals surface area contributed by atoms with Crippen LogP contribution >= 0.6 is 11.6 Å². The maximum Gasteiger partial charge on any atom is 0.128 e. The van der Waals surface area contributed by atoms with E-state index in [1.165, 1.54) is 0 Å². The summed E-state index contributed by atoms with van der Waals surface area (Å²) in [5.74, 6) is 0.768. The first-order chi connectivity index (χ1) is 8.58. The topological polar surface area (TPSA) is 34.4 Å². The number of aliphatic hydroxyl groups is 1. The molecule has 18 heavy (non-hydrogen) atoms. The minimum absolute atomic E-state index is 0.0303. The second-order valence-electron chi connectivity index (χ2n) is 4.20. The SMILES string of the molecule is COc1ccc(Cl)cc1-c1cc(CO)c(C)n1C. The van der Waals surface area contributed by atoms with Gasteiger partial charge in [-0.2, -0.15) is 0 Å². The molecule has 0 aliphatic carbocycles. The van der Waals surface area contributed by atoms with Gasteiger partial charge in [-0.3, -0.25) is 0 Å². The summed E-state index contributed by atoms with van der Waals surface area (Å²) >= 11 is 6.04. The summed E-state index contributed by atoms with van der Waals surface area (Å²) in [5.41, 5.74) is 3.86. The van der Waals surface area contributed by atoms with Gasteiger partial charge in [0, 0.05) is 23.3 Å². The summed E-state index contributed by atoms with van der Waals surface area (Å²) in [4.78, 5) is 0. The van der Waals surface area contributed by atoms with Gasteiger partial charge in [-0.05, 0) is 36.8 Å². The first-order valence-electron chi connectivity index (χ1n) is 5.68. The molecular weight excluding hydrogens is 250 g/mol. The Kier molecular flexibility index (Phi) is 3.64. The number of aliphatic hydroxyl groups excluding tert-OH is 1. The van der Waals surface area contributed by atoms with E-state index in [4.69, 9.17) is 16.3 Å². The molecule has 0 spiro atoms. The number of benzene rings is 1. The van der Waals surface area contributed by atoms with Gasteiger partial charge in [-0.15, -0.1) is 0 Å². The number of halogens is 1. The van der Waals surface area contributed by atoms with Crippen molar-refractivity contribution in [2.75, 3.05) is 7.11 Å². The van der Waals surface area contributed by atoms with Crippen molar-refractivity contribution in [1.82, 2.24) is 4.57 Å². The maximum atomic E-state index is 9.31. The zero-order valence-electron chi connectivity index (χ0n) is 10.7. The van der Waals surface area contributed by atoms with Gasteiger partial charge in [0.05, 0.1) is 19.4 Å². The molecule has 0 radical (unpaired) electrons. The van der Waals surface area contributed by atoms with Crippen LogP contribution < -0.4 is 4.74 Å². The largest absolute Gasteiger partial charge is 0.496 e. The van der Waals surface area contributed by atoms with Gasteiger partial charge >= 0.3 is 0 Å². The van der Waals surface area contributed by atoms with Crippen LogP contribution in [0.4, 0.5) is 0 Å². The van der Waals surface area contributed by atoms with Crippen molar-refractivity contribution >= 4 is 11.6 Å². The van der Waals surface area contributed by atoms with Gasteiger partial charge in [0.2, 0.25) is 0 Å². The van der Waals surface area contributed by atoms with Crippen molar-refractivity contribution in [2.24, 2.45) is 7.05 Å². The maximum absolute atomic E-state index is 9.31. The van der Waals surface area contributed by atoms with Gasteiger partial charge in [0.25, 0.3) is 0 Å². The highest BCUT2D eigenvalue weighted by atomic mass is 35.5. The van der Waals surface area contributed by atoms with Gasteiger partial charge in [0.15, 0.2) is 0 Å². The predicted octanol–water partition coefficient (Wildman–Crippen LogP) is 3.15. The lowest BCUT2D eigenvalue weighted by molar-refractivity contribution is 0.281. The Morgan fingerprint density at radius 3 is 2.61 bits per heavy atom. The second-order valence-corrected chi connectivity index (χ2v) is 4.64. The minimum atomic E-state index is 0.0303. The Hall–Kier alpha value is -1.45. The molecule has 0 unspecified atom stereocenters. The zero-order valence-corrected chi connectivity index (χ0v) is 11.5. The molecular formula is C14H16ClNO2. The standard InChI is InChI=1S/C14H16ClNO2/c1-9-10(8-17)6-13(16(9)2)12-7-11(15)4-5-14(12)18-3/h4-7,17H,8H2,1-3H3. The molecule has 4 heteroatoms. The van der Waals surface area contributed by atoms with Crippen LogP contribution in [0.15, 0.2) is 24.3 Å². The summed E-state index contributed by atoms with van der Waals surface area (Å²) < 4.78 is 7.39. The van der Waals surface area contributed by atoms with Gasteiger partial charge < -0.3 is 14.4 Å². The molecule has 0 bridgehead atoms. The van der Waals surface area contributed by atoms with Crippen molar-refractivity contribution in [1.29, 1.82) is 0 Å².